The van der Waals surface area contributed by atoms with E-state index < -0.39 is 5.97 Å². The Hall–Kier alpha value is -2.84. The van der Waals surface area contributed by atoms with Crippen molar-refractivity contribution in [3.63, 3.8) is 0 Å². The third-order valence-electron chi connectivity index (χ3n) is 4.61. The first-order valence-corrected chi connectivity index (χ1v) is 8.48. The summed E-state index contributed by atoms with van der Waals surface area (Å²) in [6.07, 6.45) is 8.36. The number of esters is 1. The van der Waals surface area contributed by atoms with Crippen LogP contribution in [0.15, 0.2) is 17.4 Å². The summed E-state index contributed by atoms with van der Waals surface area (Å²) >= 11 is 0. The molecule has 0 aliphatic heterocycles. The predicted molar refractivity (Wildman–Crippen MR) is 88.4 cm³/mol. The minimum atomic E-state index is -0.575. The fraction of sp³-hybridized carbons (Fsp3) is 0.500. The summed E-state index contributed by atoms with van der Waals surface area (Å²) in [7, 11) is 0. The van der Waals surface area contributed by atoms with Gasteiger partial charge >= 0.3 is 5.97 Å². The SMILES string of the molecule is CCOC(=O)c1ncn2c1nnc1c(=O)n(C3CCCCC3)cnc12. The number of rotatable bonds is 3. The second kappa shape index (κ2) is 6.23. The van der Waals surface area contributed by atoms with Crippen molar-refractivity contribution in [1.29, 1.82) is 0 Å². The highest BCUT2D eigenvalue weighted by Gasteiger charge is 2.22. The maximum absolute atomic E-state index is 12.8. The molecule has 130 valence electrons. The maximum atomic E-state index is 12.8. The predicted octanol–water partition coefficient (Wildman–Crippen LogP) is 1.52. The molecule has 0 unspecified atom stereocenters. The lowest BCUT2D eigenvalue weighted by atomic mass is 9.95. The molecule has 0 bridgehead atoms. The average Bonchev–Trinajstić information content (AvgIpc) is 3.07. The van der Waals surface area contributed by atoms with E-state index in [0.29, 0.717) is 5.65 Å². The molecular formula is C16H18N6O3. The van der Waals surface area contributed by atoms with Crippen molar-refractivity contribution in [1.82, 2.24) is 29.1 Å². The number of ether oxygens (including phenoxy) is 1. The molecule has 1 aliphatic rings. The normalized spacial score (nSPS) is 15.7. The quantitative estimate of drug-likeness (QED) is 0.664. The fourth-order valence-electron chi connectivity index (χ4n) is 3.36. The Labute approximate surface area is 142 Å². The molecule has 4 rings (SSSR count). The molecule has 0 radical (unpaired) electrons. The lowest BCUT2D eigenvalue weighted by Crippen LogP contribution is -2.28. The molecule has 0 spiro atoms. The number of nitrogens with zero attached hydrogens (tertiary/aromatic N) is 6. The first kappa shape index (κ1) is 15.7. The van der Waals surface area contributed by atoms with Gasteiger partial charge in [-0.15, -0.1) is 10.2 Å². The number of hydrogen-bond donors (Lipinski definition) is 0. The van der Waals surface area contributed by atoms with Crippen molar-refractivity contribution in [2.24, 2.45) is 0 Å². The zero-order chi connectivity index (χ0) is 17.4. The third-order valence-corrected chi connectivity index (χ3v) is 4.61. The average molecular weight is 342 g/mol. The Bertz CT molecular complexity index is 1000. The summed E-state index contributed by atoms with van der Waals surface area (Å²) in [5.41, 5.74) is 0.596. The molecule has 0 N–H and O–H groups in total. The Balaban J connectivity index is 1.85. The van der Waals surface area contributed by atoms with Crippen LogP contribution in [0, 0.1) is 0 Å². The first-order chi connectivity index (χ1) is 12.2. The molecule has 3 aromatic rings. The number of aromatic nitrogens is 6. The van der Waals surface area contributed by atoms with E-state index in [1.807, 2.05) is 0 Å². The molecule has 3 aromatic heterocycles. The summed E-state index contributed by atoms with van der Waals surface area (Å²) in [5, 5.41) is 8.04. The van der Waals surface area contributed by atoms with Gasteiger partial charge in [0.1, 0.15) is 12.7 Å². The lowest BCUT2D eigenvalue weighted by molar-refractivity contribution is 0.0522. The number of imidazole rings is 1. The first-order valence-electron chi connectivity index (χ1n) is 8.48. The second-order valence-corrected chi connectivity index (χ2v) is 6.13. The van der Waals surface area contributed by atoms with Gasteiger partial charge in [0, 0.05) is 6.04 Å². The van der Waals surface area contributed by atoms with Crippen molar-refractivity contribution in [2.45, 2.75) is 45.1 Å². The monoisotopic (exact) mass is 342 g/mol. The van der Waals surface area contributed by atoms with Gasteiger partial charge < -0.3 is 4.74 Å². The van der Waals surface area contributed by atoms with Crippen LogP contribution in [0.5, 0.6) is 0 Å². The molecule has 1 saturated carbocycles. The summed E-state index contributed by atoms with van der Waals surface area (Å²) in [4.78, 5) is 33.2. The van der Waals surface area contributed by atoms with Gasteiger partial charge in [-0.2, -0.15) is 0 Å². The molecule has 9 heteroatoms. The van der Waals surface area contributed by atoms with Gasteiger partial charge in [0.15, 0.2) is 22.5 Å². The van der Waals surface area contributed by atoms with E-state index >= 15 is 0 Å². The standard InChI is InChI=1S/C16H18N6O3/c1-2-25-16(24)12-14-20-19-11-13(22(14)8-17-12)18-9-21(15(11)23)10-6-4-3-5-7-10/h8-10H,2-7H2,1H3. The van der Waals surface area contributed by atoms with Crippen LogP contribution in [0.3, 0.4) is 0 Å². The van der Waals surface area contributed by atoms with Crippen molar-refractivity contribution in [3.8, 4) is 0 Å². The topological polar surface area (TPSA) is 104 Å². The number of fused-ring (bicyclic) bond motifs is 3. The van der Waals surface area contributed by atoms with E-state index in [1.54, 1.807) is 17.8 Å². The van der Waals surface area contributed by atoms with Gasteiger partial charge in [-0.25, -0.2) is 14.8 Å². The van der Waals surface area contributed by atoms with E-state index in [9.17, 15) is 9.59 Å². The van der Waals surface area contributed by atoms with Crippen molar-refractivity contribution in [3.05, 3.63) is 28.7 Å². The van der Waals surface area contributed by atoms with Crippen molar-refractivity contribution in [2.75, 3.05) is 6.61 Å². The largest absolute Gasteiger partial charge is 0.461 e. The fourth-order valence-corrected chi connectivity index (χ4v) is 3.36. The van der Waals surface area contributed by atoms with Gasteiger partial charge in [-0.3, -0.25) is 13.8 Å². The highest BCUT2D eigenvalue weighted by atomic mass is 16.5. The molecule has 1 fully saturated rings. The summed E-state index contributed by atoms with van der Waals surface area (Å²) in [5.74, 6) is -0.575. The van der Waals surface area contributed by atoms with Crippen molar-refractivity contribution < 1.29 is 9.53 Å². The van der Waals surface area contributed by atoms with Gasteiger partial charge in [-0.1, -0.05) is 19.3 Å². The van der Waals surface area contributed by atoms with E-state index in [-0.39, 0.29) is 35.1 Å². The van der Waals surface area contributed by atoms with E-state index in [1.165, 1.54) is 17.1 Å². The molecule has 0 atom stereocenters. The minimum absolute atomic E-state index is 0.0644. The lowest BCUT2D eigenvalue weighted by Gasteiger charge is -2.23. The molecule has 1 aliphatic carbocycles. The molecule has 0 amide bonds. The Morgan fingerprint density at radius 1 is 1.16 bits per heavy atom. The van der Waals surface area contributed by atoms with Gasteiger partial charge in [0.05, 0.1) is 6.61 Å². The molecule has 0 saturated heterocycles. The van der Waals surface area contributed by atoms with Crippen LogP contribution in [0.25, 0.3) is 16.8 Å². The number of carbonyl (C=O) groups is 1. The number of carbonyl (C=O) groups excluding carboxylic acids is 1. The highest BCUT2D eigenvalue weighted by Crippen LogP contribution is 2.26. The van der Waals surface area contributed by atoms with Crippen LogP contribution in [-0.4, -0.2) is 41.7 Å². The van der Waals surface area contributed by atoms with Gasteiger partial charge in [0.25, 0.3) is 5.56 Å². The molecule has 25 heavy (non-hydrogen) atoms. The van der Waals surface area contributed by atoms with E-state index in [4.69, 9.17) is 4.74 Å². The van der Waals surface area contributed by atoms with E-state index in [0.717, 1.165) is 25.7 Å². The smallest absolute Gasteiger partial charge is 0.360 e. The summed E-state index contributed by atoms with van der Waals surface area (Å²) < 4.78 is 8.12. The van der Waals surface area contributed by atoms with Crippen LogP contribution in [0.2, 0.25) is 0 Å². The van der Waals surface area contributed by atoms with E-state index in [2.05, 4.69) is 20.2 Å². The van der Waals surface area contributed by atoms with Crippen LogP contribution < -0.4 is 5.56 Å². The van der Waals surface area contributed by atoms with Crippen LogP contribution in [0.4, 0.5) is 0 Å². The minimum Gasteiger partial charge on any atom is -0.461 e. The van der Waals surface area contributed by atoms with Crippen LogP contribution in [0.1, 0.15) is 55.6 Å². The van der Waals surface area contributed by atoms with Crippen LogP contribution >= 0.6 is 0 Å². The van der Waals surface area contributed by atoms with Crippen molar-refractivity contribution >= 4 is 22.8 Å². The Morgan fingerprint density at radius 3 is 2.72 bits per heavy atom. The zero-order valence-electron chi connectivity index (χ0n) is 13.9. The maximum Gasteiger partial charge on any atom is 0.360 e. The third kappa shape index (κ3) is 2.55. The van der Waals surface area contributed by atoms with Gasteiger partial charge in [0.2, 0.25) is 0 Å². The molecular weight excluding hydrogens is 324 g/mol. The summed E-state index contributed by atoms with van der Waals surface area (Å²) in [6.45, 7) is 1.95. The highest BCUT2D eigenvalue weighted by molar-refractivity contribution is 5.94. The van der Waals surface area contributed by atoms with Gasteiger partial charge in [-0.05, 0) is 19.8 Å². The zero-order valence-corrected chi connectivity index (χ0v) is 13.9. The summed E-state index contributed by atoms with van der Waals surface area (Å²) in [6, 6.07) is 0.161. The van der Waals surface area contributed by atoms with Crippen LogP contribution in [-0.2, 0) is 4.74 Å². The second-order valence-electron chi connectivity index (χ2n) is 6.13. The number of hydrogen-bond acceptors (Lipinski definition) is 7. The Kier molecular flexibility index (Phi) is 3.90. The Morgan fingerprint density at radius 2 is 1.96 bits per heavy atom. The molecule has 0 aromatic carbocycles. The molecule has 9 nitrogen and oxygen atoms in total. The molecule has 3 heterocycles.